The Morgan fingerprint density at radius 1 is 1.38 bits per heavy atom. The van der Waals surface area contributed by atoms with Gasteiger partial charge in [0.2, 0.25) is 0 Å². The minimum atomic E-state index is -0.0965. The van der Waals surface area contributed by atoms with Crippen LogP contribution in [0.1, 0.15) is 32.1 Å². The van der Waals surface area contributed by atoms with Crippen molar-refractivity contribution in [3.63, 3.8) is 0 Å². The fourth-order valence-electron chi connectivity index (χ4n) is 1.72. The standard InChI is InChI=1S/C10H18O2S/c1-12-10(11)8-13-7-9-5-3-2-4-6-9/h9H,2-8H2,1H3. The van der Waals surface area contributed by atoms with Crippen LogP contribution in [-0.4, -0.2) is 24.6 Å². The molecular formula is C10H18O2S. The summed E-state index contributed by atoms with van der Waals surface area (Å²) in [5.74, 6) is 2.41. The summed E-state index contributed by atoms with van der Waals surface area (Å²) in [4.78, 5) is 10.8. The Morgan fingerprint density at radius 3 is 2.69 bits per heavy atom. The summed E-state index contributed by atoms with van der Waals surface area (Å²) in [6.07, 6.45) is 6.87. The van der Waals surface area contributed by atoms with Crippen LogP contribution in [0.3, 0.4) is 0 Å². The van der Waals surface area contributed by atoms with Gasteiger partial charge in [0, 0.05) is 0 Å². The van der Waals surface area contributed by atoms with Crippen LogP contribution in [0.15, 0.2) is 0 Å². The Balaban J connectivity index is 2.01. The third kappa shape index (κ3) is 4.55. The maximum atomic E-state index is 10.8. The Morgan fingerprint density at radius 2 is 2.08 bits per heavy atom. The molecule has 0 aromatic heterocycles. The highest BCUT2D eigenvalue weighted by atomic mass is 32.2. The van der Waals surface area contributed by atoms with Gasteiger partial charge in [0.05, 0.1) is 12.9 Å². The van der Waals surface area contributed by atoms with Crippen molar-refractivity contribution < 1.29 is 9.53 Å². The fraction of sp³-hybridized carbons (Fsp3) is 0.900. The molecule has 13 heavy (non-hydrogen) atoms. The van der Waals surface area contributed by atoms with Crippen molar-refractivity contribution in [2.24, 2.45) is 5.92 Å². The SMILES string of the molecule is COC(=O)CSCC1CCCCC1. The lowest BCUT2D eigenvalue weighted by atomic mass is 9.91. The molecule has 76 valence electrons. The van der Waals surface area contributed by atoms with E-state index in [1.54, 1.807) is 11.8 Å². The normalized spacial score (nSPS) is 18.5. The number of thioether (sulfide) groups is 1. The minimum Gasteiger partial charge on any atom is -0.468 e. The number of hydrogen-bond acceptors (Lipinski definition) is 3. The molecule has 2 nitrogen and oxygen atoms in total. The molecule has 0 aliphatic heterocycles. The van der Waals surface area contributed by atoms with Crippen molar-refractivity contribution in [3.8, 4) is 0 Å². The van der Waals surface area contributed by atoms with Gasteiger partial charge in [-0.15, -0.1) is 11.8 Å². The van der Waals surface area contributed by atoms with E-state index >= 15 is 0 Å². The quantitative estimate of drug-likeness (QED) is 0.655. The van der Waals surface area contributed by atoms with E-state index in [0.29, 0.717) is 5.75 Å². The number of rotatable bonds is 4. The summed E-state index contributed by atoms with van der Waals surface area (Å²) < 4.78 is 4.58. The highest BCUT2D eigenvalue weighted by molar-refractivity contribution is 7.99. The number of methoxy groups -OCH3 is 1. The molecule has 1 aliphatic carbocycles. The van der Waals surface area contributed by atoms with Crippen LogP contribution < -0.4 is 0 Å². The van der Waals surface area contributed by atoms with Gasteiger partial charge in [-0.3, -0.25) is 4.79 Å². The van der Waals surface area contributed by atoms with Crippen LogP contribution in [0.25, 0.3) is 0 Å². The molecule has 0 spiro atoms. The molecule has 0 bridgehead atoms. The molecule has 1 aliphatic rings. The summed E-state index contributed by atoms with van der Waals surface area (Å²) in [5.41, 5.74) is 0. The zero-order chi connectivity index (χ0) is 9.52. The highest BCUT2D eigenvalue weighted by Crippen LogP contribution is 2.26. The first-order valence-corrected chi connectivity index (χ1v) is 6.13. The molecular weight excluding hydrogens is 184 g/mol. The summed E-state index contributed by atoms with van der Waals surface area (Å²) >= 11 is 1.72. The molecule has 1 fully saturated rings. The largest absolute Gasteiger partial charge is 0.468 e. The molecule has 0 aromatic rings. The number of ether oxygens (including phenoxy) is 1. The number of carbonyl (C=O) groups excluding carboxylic acids is 1. The third-order valence-corrected chi connectivity index (χ3v) is 3.67. The van der Waals surface area contributed by atoms with E-state index in [0.717, 1.165) is 11.7 Å². The lowest BCUT2D eigenvalue weighted by Crippen LogP contribution is -2.11. The highest BCUT2D eigenvalue weighted by Gasteiger charge is 2.13. The minimum absolute atomic E-state index is 0.0965. The van der Waals surface area contributed by atoms with Gasteiger partial charge in [0.1, 0.15) is 0 Å². The Kier molecular flexibility index (Phi) is 5.28. The van der Waals surface area contributed by atoms with E-state index in [4.69, 9.17) is 0 Å². The summed E-state index contributed by atoms with van der Waals surface area (Å²) in [5, 5.41) is 0. The van der Waals surface area contributed by atoms with Crippen LogP contribution in [0.2, 0.25) is 0 Å². The van der Waals surface area contributed by atoms with Crippen molar-refractivity contribution in [1.29, 1.82) is 0 Å². The first-order chi connectivity index (χ1) is 6.33. The second-order valence-electron chi connectivity index (χ2n) is 3.60. The lowest BCUT2D eigenvalue weighted by Gasteiger charge is -2.20. The smallest absolute Gasteiger partial charge is 0.315 e. The topological polar surface area (TPSA) is 26.3 Å². The first-order valence-electron chi connectivity index (χ1n) is 4.97. The molecule has 0 amide bonds. The first kappa shape index (κ1) is 10.9. The van der Waals surface area contributed by atoms with Crippen molar-refractivity contribution in [3.05, 3.63) is 0 Å². The average molecular weight is 202 g/mol. The zero-order valence-electron chi connectivity index (χ0n) is 8.25. The van der Waals surface area contributed by atoms with E-state index in [2.05, 4.69) is 4.74 Å². The van der Waals surface area contributed by atoms with Gasteiger partial charge in [-0.05, 0) is 24.5 Å². The second-order valence-corrected chi connectivity index (χ2v) is 4.63. The van der Waals surface area contributed by atoms with Gasteiger partial charge in [-0.25, -0.2) is 0 Å². The van der Waals surface area contributed by atoms with Crippen LogP contribution >= 0.6 is 11.8 Å². The van der Waals surface area contributed by atoms with E-state index in [1.807, 2.05) is 0 Å². The number of carbonyl (C=O) groups is 1. The molecule has 0 aromatic carbocycles. The van der Waals surface area contributed by atoms with Crippen LogP contribution in [0.4, 0.5) is 0 Å². The fourth-order valence-corrected chi connectivity index (χ4v) is 2.79. The number of hydrogen-bond donors (Lipinski definition) is 0. The Labute approximate surface area is 84.4 Å². The molecule has 3 heteroatoms. The molecule has 0 radical (unpaired) electrons. The molecule has 0 atom stereocenters. The maximum absolute atomic E-state index is 10.8. The predicted molar refractivity (Wildman–Crippen MR) is 55.9 cm³/mol. The maximum Gasteiger partial charge on any atom is 0.315 e. The van der Waals surface area contributed by atoms with Crippen molar-refractivity contribution in [1.82, 2.24) is 0 Å². The number of esters is 1. The van der Waals surface area contributed by atoms with Crippen LogP contribution in [-0.2, 0) is 9.53 Å². The van der Waals surface area contributed by atoms with Gasteiger partial charge in [0.25, 0.3) is 0 Å². The van der Waals surface area contributed by atoms with Gasteiger partial charge in [-0.2, -0.15) is 0 Å². The van der Waals surface area contributed by atoms with Gasteiger partial charge in [0.15, 0.2) is 0 Å². The van der Waals surface area contributed by atoms with E-state index in [1.165, 1.54) is 39.2 Å². The van der Waals surface area contributed by atoms with Gasteiger partial charge >= 0.3 is 5.97 Å². The summed E-state index contributed by atoms with van der Waals surface area (Å²) in [6.45, 7) is 0. The van der Waals surface area contributed by atoms with E-state index in [9.17, 15) is 4.79 Å². The van der Waals surface area contributed by atoms with Crippen molar-refractivity contribution >= 4 is 17.7 Å². The summed E-state index contributed by atoms with van der Waals surface area (Å²) in [7, 11) is 1.45. The molecule has 0 heterocycles. The Hall–Kier alpha value is -0.180. The van der Waals surface area contributed by atoms with Crippen molar-refractivity contribution in [2.45, 2.75) is 32.1 Å². The average Bonchev–Trinajstić information content (AvgIpc) is 2.19. The van der Waals surface area contributed by atoms with Gasteiger partial charge < -0.3 is 4.74 Å². The van der Waals surface area contributed by atoms with Crippen LogP contribution in [0, 0.1) is 5.92 Å². The van der Waals surface area contributed by atoms with E-state index < -0.39 is 0 Å². The van der Waals surface area contributed by atoms with Crippen LogP contribution in [0.5, 0.6) is 0 Å². The third-order valence-electron chi connectivity index (χ3n) is 2.53. The second kappa shape index (κ2) is 6.30. The van der Waals surface area contributed by atoms with E-state index in [-0.39, 0.29) is 5.97 Å². The molecule has 1 saturated carbocycles. The van der Waals surface area contributed by atoms with Crippen molar-refractivity contribution in [2.75, 3.05) is 18.6 Å². The predicted octanol–water partition coefficient (Wildman–Crippen LogP) is 2.47. The summed E-state index contributed by atoms with van der Waals surface area (Å²) in [6, 6.07) is 0. The molecule has 0 saturated heterocycles. The molecule has 0 N–H and O–H groups in total. The lowest BCUT2D eigenvalue weighted by molar-refractivity contribution is -0.137. The monoisotopic (exact) mass is 202 g/mol. The Bertz CT molecular complexity index is 153. The van der Waals surface area contributed by atoms with Gasteiger partial charge in [-0.1, -0.05) is 19.3 Å². The zero-order valence-corrected chi connectivity index (χ0v) is 9.07. The molecule has 0 unspecified atom stereocenters. The molecule has 1 rings (SSSR count).